The lowest BCUT2D eigenvalue weighted by atomic mass is 10.1. The van der Waals surface area contributed by atoms with Crippen LogP contribution in [0.15, 0.2) is 42.5 Å². The van der Waals surface area contributed by atoms with Gasteiger partial charge in [0.05, 0.1) is 6.54 Å². The van der Waals surface area contributed by atoms with E-state index < -0.39 is 0 Å². The van der Waals surface area contributed by atoms with Gasteiger partial charge in [-0.3, -0.25) is 0 Å². The summed E-state index contributed by atoms with van der Waals surface area (Å²) in [7, 11) is 1.98. The van der Waals surface area contributed by atoms with E-state index in [4.69, 9.17) is 0 Å². The van der Waals surface area contributed by atoms with Crippen LogP contribution in [0.25, 0.3) is 10.8 Å². The maximum atomic E-state index is 4.16. The van der Waals surface area contributed by atoms with Gasteiger partial charge in [-0.15, -0.1) is 10.2 Å². The van der Waals surface area contributed by atoms with Crippen molar-refractivity contribution in [2.24, 2.45) is 7.05 Å². The molecule has 0 saturated carbocycles. The molecule has 0 aliphatic carbocycles. The summed E-state index contributed by atoms with van der Waals surface area (Å²) in [4.78, 5) is 0. The summed E-state index contributed by atoms with van der Waals surface area (Å²) in [5, 5.41) is 14.1. The van der Waals surface area contributed by atoms with Gasteiger partial charge >= 0.3 is 0 Å². The molecular weight excluding hydrogens is 236 g/mol. The molecule has 1 N–H and O–H groups in total. The molecule has 0 radical (unpaired) electrons. The Bertz CT molecular complexity index is 710. The van der Waals surface area contributed by atoms with Crippen molar-refractivity contribution in [1.29, 1.82) is 0 Å². The van der Waals surface area contributed by atoms with Gasteiger partial charge < -0.3 is 9.88 Å². The van der Waals surface area contributed by atoms with E-state index in [0.29, 0.717) is 6.54 Å². The first kappa shape index (κ1) is 11.7. The van der Waals surface area contributed by atoms with Crippen molar-refractivity contribution in [2.75, 3.05) is 5.32 Å². The number of rotatable bonds is 3. The average Bonchev–Trinajstić information content (AvgIpc) is 2.76. The Labute approximate surface area is 112 Å². The van der Waals surface area contributed by atoms with Gasteiger partial charge in [-0.1, -0.05) is 36.4 Å². The van der Waals surface area contributed by atoms with Gasteiger partial charge in [0.2, 0.25) is 0 Å². The average molecular weight is 252 g/mol. The van der Waals surface area contributed by atoms with Gasteiger partial charge in [0.1, 0.15) is 5.82 Å². The van der Waals surface area contributed by atoms with Crippen LogP contribution in [0.4, 0.5) is 5.69 Å². The predicted octanol–water partition coefficient (Wildman–Crippen LogP) is 2.89. The summed E-state index contributed by atoms with van der Waals surface area (Å²) in [6.07, 6.45) is 0. The molecule has 1 heterocycles. The molecule has 0 aliphatic rings. The molecule has 4 nitrogen and oxygen atoms in total. The lowest BCUT2D eigenvalue weighted by Crippen LogP contribution is -2.06. The molecule has 96 valence electrons. The summed E-state index contributed by atoms with van der Waals surface area (Å²) < 4.78 is 2.00. The van der Waals surface area contributed by atoms with Crippen molar-refractivity contribution < 1.29 is 0 Å². The van der Waals surface area contributed by atoms with E-state index in [1.54, 1.807) is 0 Å². The first-order valence-corrected chi connectivity index (χ1v) is 6.32. The van der Waals surface area contributed by atoms with Gasteiger partial charge in [-0.05, 0) is 18.4 Å². The molecular formula is C15H16N4. The largest absolute Gasteiger partial charge is 0.377 e. The quantitative estimate of drug-likeness (QED) is 0.779. The van der Waals surface area contributed by atoms with Crippen molar-refractivity contribution in [3.8, 4) is 0 Å². The van der Waals surface area contributed by atoms with Crippen LogP contribution in [0.1, 0.15) is 11.6 Å². The van der Waals surface area contributed by atoms with Crippen LogP contribution in [0, 0.1) is 6.92 Å². The minimum atomic E-state index is 0.672. The maximum absolute atomic E-state index is 4.16. The van der Waals surface area contributed by atoms with Crippen molar-refractivity contribution >= 4 is 16.5 Å². The van der Waals surface area contributed by atoms with Crippen LogP contribution in [-0.2, 0) is 13.6 Å². The number of hydrogen-bond acceptors (Lipinski definition) is 3. The molecule has 0 saturated heterocycles. The second-order valence-corrected chi connectivity index (χ2v) is 4.60. The molecule has 4 heteroatoms. The fourth-order valence-electron chi connectivity index (χ4n) is 2.16. The Morgan fingerprint density at radius 3 is 2.63 bits per heavy atom. The monoisotopic (exact) mass is 252 g/mol. The second kappa shape index (κ2) is 4.72. The Balaban J connectivity index is 1.88. The van der Waals surface area contributed by atoms with Gasteiger partial charge in [-0.25, -0.2) is 0 Å². The number of nitrogens with zero attached hydrogens (tertiary/aromatic N) is 3. The third kappa shape index (κ3) is 2.17. The van der Waals surface area contributed by atoms with Crippen LogP contribution in [-0.4, -0.2) is 14.8 Å². The number of benzene rings is 2. The van der Waals surface area contributed by atoms with Crippen molar-refractivity contribution in [3.05, 3.63) is 54.1 Å². The van der Waals surface area contributed by atoms with Crippen LogP contribution >= 0.6 is 0 Å². The molecule has 0 aliphatic heterocycles. The molecule has 1 aromatic heterocycles. The highest BCUT2D eigenvalue weighted by atomic mass is 15.3. The van der Waals surface area contributed by atoms with E-state index in [1.165, 1.54) is 10.8 Å². The highest BCUT2D eigenvalue weighted by Gasteiger charge is 2.05. The van der Waals surface area contributed by atoms with E-state index in [0.717, 1.165) is 17.3 Å². The van der Waals surface area contributed by atoms with E-state index >= 15 is 0 Å². The van der Waals surface area contributed by atoms with Gasteiger partial charge in [0.25, 0.3) is 0 Å². The summed E-state index contributed by atoms with van der Waals surface area (Å²) in [6.45, 7) is 2.62. The first-order chi connectivity index (χ1) is 9.25. The Kier molecular flexibility index (Phi) is 2.91. The lowest BCUT2D eigenvalue weighted by molar-refractivity contribution is 0.789. The summed E-state index contributed by atoms with van der Waals surface area (Å²) in [6, 6.07) is 14.6. The molecule has 0 fully saturated rings. The highest BCUT2D eigenvalue weighted by molar-refractivity contribution is 5.93. The van der Waals surface area contributed by atoms with Crippen LogP contribution in [0.5, 0.6) is 0 Å². The van der Waals surface area contributed by atoms with Crippen LogP contribution in [0.3, 0.4) is 0 Å². The molecule has 2 aromatic carbocycles. The normalized spacial score (nSPS) is 10.8. The molecule has 0 bridgehead atoms. The fourth-order valence-corrected chi connectivity index (χ4v) is 2.16. The highest BCUT2D eigenvalue weighted by Crippen LogP contribution is 2.23. The number of aryl methyl sites for hydroxylation is 1. The number of fused-ring (bicyclic) bond motifs is 1. The van der Waals surface area contributed by atoms with Crippen molar-refractivity contribution in [1.82, 2.24) is 14.8 Å². The molecule has 3 aromatic rings. The van der Waals surface area contributed by atoms with Crippen molar-refractivity contribution in [2.45, 2.75) is 13.5 Å². The molecule has 19 heavy (non-hydrogen) atoms. The van der Waals surface area contributed by atoms with Crippen molar-refractivity contribution in [3.63, 3.8) is 0 Å². The third-order valence-electron chi connectivity index (χ3n) is 3.41. The summed E-state index contributed by atoms with van der Waals surface area (Å²) >= 11 is 0. The fraction of sp³-hybridized carbons (Fsp3) is 0.200. The Morgan fingerprint density at radius 1 is 1.05 bits per heavy atom. The minimum absolute atomic E-state index is 0.672. The van der Waals surface area contributed by atoms with Gasteiger partial charge in [-0.2, -0.15) is 0 Å². The SMILES string of the molecule is Cc1nnc(CNc2cccc3ccccc23)n1C. The second-order valence-electron chi connectivity index (χ2n) is 4.60. The molecule has 3 rings (SSSR count). The standard InChI is InChI=1S/C15H16N4/c1-11-17-18-15(19(11)2)10-16-14-9-5-7-12-6-3-4-8-13(12)14/h3-9,16H,10H2,1-2H3. The zero-order valence-electron chi connectivity index (χ0n) is 11.1. The molecule has 0 atom stereocenters. The van der Waals surface area contributed by atoms with Crippen LogP contribution < -0.4 is 5.32 Å². The topological polar surface area (TPSA) is 42.7 Å². The predicted molar refractivity (Wildman–Crippen MR) is 77.0 cm³/mol. The number of nitrogens with one attached hydrogen (secondary N) is 1. The van der Waals surface area contributed by atoms with E-state index in [9.17, 15) is 0 Å². The molecule has 0 spiro atoms. The summed E-state index contributed by atoms with van der Waals surface area (Å²) in [5.41, 5.74) is 1.12. The Hall–Kier alpha value is -2.36. The lowest BCUT2D eigenvalue weighted by Gasteiger charge is -2.09. The van der Waals surface area contributed by atoms with Gasteiger partial charge in [0.15, 0.2) is 5.82 Å². The smallest absolute Gasteiger partial charge is 0.152 e. The van der Waals surface area contributed by atoms with E-state index in [-0.39, 0.29) is 0 Å². The molecule has 0 unspecified atom stereocenters. The minimum Gasteiger partial charge on any atom is -0.377 e. The zero-order chi connectivity index (χ0) is 13.2. The number of aromatic nitrogens is 3. The van der Waals surface area contributed by atoms with Gasteiger partial charge in [0, 0.05) is 18.1 Å². The van der Waals surface area contributed by atoms with E-state index in [1.807, 2.05) is 18.5 Å². The number of hydrogen-bond donors (Lipinski definition) is 1. The molecule has 0 amide bonds. The van der Waals surface area contributed by atoms with E-state index in [2.05, 4.69) is 58.0 Å². The Morgan fingerprint density at radius 2 is 1.84 bits per heavy atom. The van der Waals surface area contributed by atoms with Crippen LogP contribution in [0.2, 0.25) is 0 Å². The third-order valence-corrected chi connectivity index (χ3v) is 3.41. The first-order valence-electron chi connectivity index (χ1n) is 6.32. The number of anilines is 1. The maximum Gasteiger partial charge on any atom is 0.152 e. The zero-order valence-corrected chi connectivity index (χ0v) is 11.1. The summed E-state index contributed by atoms with van der Waals surface area (Å²) in [5.74, 6) is 1.86.